The number of rotatable bonds is 4. The fraction of sp³-hybridized carbons (Fsp3) is 0.429. The number of hydrogen-bond acceptors (Lipinski definition) is 4. The molecule has 1 saturated heterocycles. The van der Waals surface area contributed by atoms with Gasteiger partial charge in [-0.1, -0.05) is 6.07 Å². The second-order valence-corrected chi connectivity index (χ2v) is 6.96. The molecule has 3 rings (SSSR count). The normalized spacial score (nSPS) is 14.4. The van der Waals surface area contributed by atoms with Crippen LogP contribution in [0, 0.1) is 20.8 Å². The van der Waals surface area contributed by atoms with Crippen LogP contribution in [0.25, 0.3) is 0 Å². The van der Waals surface area contributed by atoms with E-state index in [4.69, 9.17) is 9.15 Å². The lowest BCUT2D eigenvalue weighted by Crippen LogP contribution is -2.51. The van der Waals surface area contributed by atoms with Gasteiger partial charge in [0.15, 0.2) is 5.76 Å². The predicted octanol–water partition coefficient (Wildman–Crippen LogP) is 2.74. The molecule has 2 heterocycles. The lowest BCUT2D eigenvalue weighted by Gasteiger charge is -2.34. The summed E-state index contributed by atoms with van der Waals surface area (Å²) in [5.41, 5.74) is 4.24. The first-order chi connectivity index (χ1) is 12.9. The van der Waals surface area contributed by atoms with Gasteiger partial charge in [-0.25, -0.2) is 0 Å². The molecule has 1 aromatic carbocycles. The molecule has 1 aliphatic rings. The lowest BCUT2D eigenvalue weighted by molar-refractivity contribution is -0.131. The van der Waals surface area contributed by atoms with E-state index in [0.29, 0.717) is 38.4 Å². The summed E-state index contributed by atoms with van der Waals surface area (Å²) in [6, 6.07) is 5.40. The summed E-state index contributed by atoms with van der Waals surface area (Å²) in [4.78, 5) is 28.7. The Bertz CT molecular complexity index is 834. The molecule has 144 valence electrons. The number of aryl methyl sites for hydroxylation is 1. The molecule has 2 amide bonds. The summed E-state index contributed by atoms with van der Waals surface area (Å²) >= 11 is 0. The highest BCUT2D eigenvalue weighted by molar-refractivity contribution is 5.91. The minimum absolute atomic E-state index is 0.0900. The molecule has 0 bridgehead atoms. The Balaban J connectivity index is 1.63. The minimum Gasteiger partial charge on any atom is -0.496 e. The Morgan fingerprint density at radius 1 is 1.07 bits per heavy atom. The summed E-state index contributed by atoms with van der Waals surface area (Å²) in [6.07, 6.45) is 1.86. The van der Waals surface area contributed by atoms with E-state index in [0.717, 1.165) is 28.0 Å². The van der Waals surface area contributed by atoms with Crippen molar-refractivity contribution >= 4 is 11.8 Å². The zero-order valence-electron chi connectivity index (χ0n) is 16.4. The van der Waals surface area contributed by atoms with Crippen LogP contribution in [-0.2, 0) is 11.2 Å². The van der Waals surface area contributed by atoms with Crippen LogP contribution >= 0.6 is 0 Å². The van der Waals surface area contributed by atoms with Gasteiger partial charge < -0.3 is 19.0 Å². The van der Waals surface area contributed by atoms with Crippen molar-refractivity contribution in [3.63, 3.8) is 0 Å². The molecule has 6 nitrogen and oxygen atoms in total. The smallest absolute Gasteiger partial charge is 0.289 e. The van der Waals surface area contributed by atoms with Crippen LogP contribution in [-0.4, -0.2) is 54.9 Å². The maximum atomic E-state index is 12.8. The number of nitrogens with zero attached hydrogens (tertiary/aromatic N) is 2. The minimum atomic E-state index is -0.121. The molecule has 0 unspecified atom stereocenters. The standard InChI is InChI=1S/C21H26N2O4/c1-14-12-17(15(2)16(3)20(14)26-4)13-19(24)22-7-9-23(10-8-22)21(25)18-6-5-11-27-18/h5-6,11-12H,7-10,13H2,1-4H3. The van der Waals surface area contributed by atoms with Crippen molar-refractivity contribution < 1.29 is 18.7 Å². The number of carbonyl (C=O) groups is 2. The molecule has 27 heavy (non-hydrogen) atoms. The number of methoxy groups -OCH3 is 1. The van der Waals surface area contributed by atoms with Gasteiger partial charge in [0.05, 0.1) is 19.8 Å². The van der Waals surface area contributed by atoms with Crippen molar-refractivity contribution in [2.75, 3.05) is 33.3 Å². The Kier molecular flexibility index (Phi) is 5.54. The molecule has 1 aromatic heterocycles. The number of amides is 2. The van der Waals surface area contributed by atoms with E-state index in [1.807, 2.05) is 31.7 Å². The van der Waals surface area contributed by atoms with Gasteiger partial charge in [-0.3, -0.25) is 9.59 Å². The van der Waals surface area contributed by atoms with Crippen molar-refractivity contribution in [2.24, 2.45) is 0 Å². The SMILES string of the molecule is COc1c(C)cc(CC(=O)N2CCN(C(=O)c3ccco3)CC2)c(C)c1C. The third-order valence-electron chi connectivity index (χ3n) is 5.33. The molecule has 0 aliphatic carbocycles. The number of benzene rings is 1. The highest BCUT2D eigenvalue weighted by atomic mass is 16.5. The maximum Gasteiger partial charge on any atom is 0.289 e. The average molecular weight is 370 g/mol. The first-order valence-corrected chi connectivity index (χ1v) is 9.16. The highest BCUT2D eigenvalue weighted by Crippen LogP contribution is 2.29. The topological polar surface area (TPSA) is 63.0 Å². The van der Waals surface area contributed by atoms with Gasteiger partial charge in [-0.05, 0) is 55.2 Å². The van der Waals surface area contributed by atoms with Gasteiger partial charge in [0.25, 0.3) is 5.91 Å². The van der Waals surface area contributed by atoms with Gasteiger partial charge in [-0.2, -0.15) is 0 Å². The molecule has 0 saturated carbocycles. The summed E-state index contributed by atoms with van der Waals surface area (Å²) < 4.78 is 10.6. The van der Waals surface area contributed by atoms with E-state index in [1.165, 1.54) is 6.26 Å². The molecule has 0 radical (unpaired) electrons. The fourth-order valence-corrected chi connectivity index (χ4v) is 3.63. The van der Waals surface area contributed by atoms with E-state index >= 15 is 0 Å². The Morgan fingerprint density at radius 2 is 1.74 bits per heavy atom. The molecule has 1 fully saturated rings. The Labute approximate surface area is 159 Å². The van der Waals surface area contributed by atoms with Gasteiger partial charge in [0.2, 0.25) is 5.91 Å². The molecule has 1 aliphatic heterocycles. The fourth-order valence-electron chi connectivity index (χ4n) is 3.63. The number of hydrogen-bond donors (Lipinski definition) is 0. The molecular formula is C21H26N2O4. The first kappa shape index (κ1) is 19.0. The quantitative estimate of drug-likeness (QED) is 0.830. The summed E-state index contributed by atoms with van der Waals surface area (Å²) in [7, 11) is 1.67. The third kappa shape index (κ3) is 3.84. The van der Waals surface area contributed by atoms with E-state index in [9.17, 15) is 9.59 Å². The second kappa shape index (κ2) is 7.86. The van der Waals surface area contributed by atoms with Crippen LogP contribution in [0.1, 0.15) is 32.8 Å². The second-order valence-electron chi connectivity index (χ2n) is 6.96. The van der Waals surface area contributed by atoms with Crippen molar-refractivity contribution in [1.29, 1.82) is 0 Å². The maximum absolute atomic E-state index is 12.8. The van der Waals surface area contributed by atoms with Crippen LogP contribution in [0.2, 0.25) is 0 Å². The van der Waals surface area contributed by atoms with Crippen LogP contribution in [0.5, 0.6) is 5.75 Å². The van der Waals surface area contributed by atoms with Crippen LogP contribution in [0.3, 0.4) is 0 Å². The molecule has 2 aromatic rings. The van der Waals surface area contributed by atoms with Gasteiger partial charge in [0, 0.05) is 26.2 Å². The Hall–Kier alpha value is -2.76. The first-order valence-electron chi connectivity index (χ1n) is 9.16. The van der Waals surface area contributed by atoms with E-state index in [-0.39, 0.29) is 11.8 Å². The molecule has 0 N–H and O–H groups in total. The van der Waals surface area contributed by atoms with Gasteiger partial charge >= 0.3 is 0 Å². The number of carbonyl (C=O) groups excluding carboxylic acids is 2. The summed E-state index contributed by atoms with van der Waals surface area (Å²) in [5.74, 6) is 1.19. The average Bonchev–Trinajstić information content (AvgIpc) is 3.20. The van der Waals surface area contributed by atoms with Crippen molar-refractivity contribution in [3.05, 3.63) is 52.5 Å². The lowest BCUT2D eigenvalue weighted by atomic mass is 9.96. The summed E-state index contributed by atoms with van der Waals surface area (Å²) in [5, 5.41) is 0. The van der Waals surface area contributed by atoms with E-state index in [1.54, 1.807) is 24.1 Å². The van der Waals surface area contributed by atoms with Crippen molar-refractivity contribution in [2.45, 2.75) is 27.2 Å². The van der Waals surface area contributed by atoms with E-state index in [2.05, 4.69) is 0 Å². The van der Waals surface area contributed by atoms with Crippen molar-refractivity contribution in [3.8, 4) is 5.75 Å². The molecular weight excluding hydrogens is 344 g/mol. The highest BCUT2D eigenvalue weighted by Gasteiger charge is 2.26. The molecule has 6 heteroatoms. The third-order valence-corrected chi connectivity index (χ3v) is 5.33. The zero-order valence-corrected chi connectivity index (χ0v) is 16.4. The predicted molar refractivity (Wildman–Crippen MR) is 102 cm³/mol. The summed E-state index contributed by atoms with van der Waals surface area (Å²) in [6.45, 7) is 8.17. The Morgan fingerprint density at radius 3 is 2.33 bits per heavy atom. The van der Waals surface area contributed by atoms with Crippen LogP contribution in [0.4, 0.5) is 0 Å². The molecule has 0 atom stereocenters. The number of ether oxygens (including phenoxy) is 1. The van der Waals surface area contributed by atoms with Gasteiger partial charge in [0.1, 0.15) is 5.75 Å². The number of furan rings is 1. The van der Waals surface area contributed by atoms with Crippen molar-refractivity contribution in [1.82, 2.24) is 9.80 Å². The van der Waals surface area contributed by atoms with Crippen LogP contribution in [0.15, 0.2) is 28.9 Å². The van der Waals surface area contributed by atoms with Gasteiger partial charge in [-0.15, -0.1) is 0 Å². The monoisotopic (exact) mass is 370 g/mol. The zero-order chi connectivity index (χ0) is 19.6. The van der Waals surface area contributed by atoms with E-state index < -0.39 is 0 Å². The largest absolute Gasteiger partial charge is 0.496 e. The van der Waals surface area contributed by atoms with Crippen LogP contribution < -0.4 is 4.74 Å². The molecule has 0 spiro atoms. The number of piperazine rings is 1.